The van der Waals surface area contributed by atoms with Gasteiger partial charge in [0.1, 0.15) is 0 Å². The molecule has 1 atom stereocenters. The van der Waals surface area contributed by atoms with Crippen LogP contribution in [0.4, 0.5) is 0 Å². The fourth-order valence-electron chi connectivity index (χ4n) is 3.11. The van der Waals surface area contributed by atoms with Gasteiger partial charge in [0.05, 0.1) is 11.5 Å². The lowest BCUT2D eigenvalue weighted by Gasteiger charge is -2.31. The van der Waals surface area contributed by atoms with E-state index in [1.54, 1.807) is 0 Å². The van der Waals surface area contributed by atoms with Crippen LogP contribution in [0.5, 0.6) is 0 Å². The summed E-state index contributed by atoms with van der Waals surface area (Å²) in [6.07, 6.45) is 6.43. The number of amides is 1. The third-order valence-corrected chi connectivity index (χ3v) is 4.90. The Labute approximate surface area is 132 Å². The molecule has 0 aromatic heterocycles. The maximum absolute atomic E-state index is 12.7. The van der Waals surface area contributed by atoms with Gasteiger partial charge in [0.25, 0.3) is 0 Å². The molecule has 116 valence electrons. The zero-order chi connectivity index (χ0) is 15.3. The summed E-state index contributed by atoms with van der Waals surface area (Å²) in [5.41, 5.74) is 6.65. The zero-order valence-corrected chi connectivity index (χ0v) is 13.5. The Morgan fingerprint density at radius 1 is 1.24 bits per heavy atom. The normalized spacial score (nSPS) is 19.6. The van der Waals surface area contributed by atoms with E-state index < -0.39 is 0 Å². The van der Waals surface area contributed by atoms with Crippen molar-refractivity contribution in [2.75, 3.05) is 6.54 Å². The van der Waals surface area contributed by atoms with Crippen molar-refractivity contribution in [3.8, 4) is 0 Å². The third kappa shape index (κ3) is 3.98. The molecule has 1 aliphatic rings. The summed E-state index contributed by atoms with van der Waals surface area (Å²) < 4.78 is 0. The Bertz CT molecular complexity index is 464. The summed E-state index contributed by atoms with van der Waals surface area (Å²) in [6, 6.07) is 7.58. The van der Waals surface area contributed by atoms with Crippen molar-refractivity contribution in [3.05, 3.63) is 34.9 Å². The predicted molar refractivity (Wildman–Crippen MR) is 87.2 cm³/mol. The minimum atomic E-state index is -0.378. The first-order chi connectivity index (χ1) is 10.1. The van der Waals surface area contributed by atoms with Gasteiger partial charge >= 0.3 is 0 Å². The molecule has 3 N–H and O–H groups in total. The van der Waals surface area contributed by atoms with Crippen molar-refractivity contribution in [2.45, 2.75) is 51.5 Å². The summed E-state index contributed by atoms with van der Waals surface area (Å²) >= 11 is 5.90. The molecule has 4 heteroatoms. The van der Waals surface area contributed by atoms with Gasteiger partial charge in [-0.25, -0.2) is 0 Å². The highest BCUT2D eigenvalue weighted by Crippen LogP contribution is 2.35. The van der Waals surface area contributed by atoms with Crippen LogP contribution >= 0.6 is 11.6 Å². The average Bonchev–Trinajstić information content (AvgIpc) is 2.74. The van der Waals surface area contributed by atoms with Crippen LogP contribution in [0.2, 0.25) is 5.02 Å². The molecule has 0 saturated heterocycles. The second-order valence-corrected chi connectivity index (χ2v) is 6.58. The Balaban J connectivity index is 2.06. The minimum absolute atomic E-state index is 0.0264. The first-order valence-corrected chi connectivity index (χ1v) is 8.22. The van der Waals surface area contributed by atoms with Crippen molar-refractivity contribution in [3.63, 3.8) is 0 Å². The number of carbonyl (C=O) groups is 1. The van der Waals surface area contributed by atoms with Crippen LogP contribution in [-0.4, -0.2) is 12.5 Å². The number of halogens is 1. The molecular weight excluding hydrogens is 284 g/mol. The molecule has 1 fully saturated rings. The van der Waals surface area contributed by atoms with Crippen molar-refractivity contribution in [2.24, 2.45) is 11.1 Å². The number of benzene rings is 1. The van der Waals surface area contributed by atoms with E-state index in [1.807, 2.05) is 31.2 Å². The van der Waals surface area contributed by atoms with Crippen LogP contribution in [0.1, 0.15) is 57.1 Å². The number of hydrogen-bond donors (Lipinski definition) is 2. The van der Waals surface area contributed by atoms with Crippen LogP contribution in [0, 0.1) is 5.41 Å². The monoisotopic (exact) mass is 308 g/mol. The van der Waals surface area contributed by atoms with E-state index >= 15 is 0 Å². The minimum Gasteiger partial charge on any atom is -0.349 e. The molecule has 0 aliphatic heterocycles. The first kappa shape index (κ1) is 16.3. The summed E-state index contributed by atoms with van der Waals surface area (Å²) in [5.74, 6) is 0.106. The topological polar surface area (TPSA) is 55.1 Å². The Morgan fingerprint density at radius 3 is 2.33 bits per heavy atom. The summed E-state index contributed by atoms with van der Waals surface area (Å²) in [4.78, 5) is 12.7. The van der Waals surface area contributed by atoms with Gasteiger partial charge in [-0.05, 0) is 37.5 Å². The molecule has 1 aliphatic carbocycles. The van der Waals surface area contributed by atoms with E-state index in [1.165, 1.54) is 12.8 Å². The Kier molecular flexibility index (Phi) is 5.65. The highest BCUT2D eigenvalue weighted by Gasteiger charge is 2.37. The molecule has 1 unspecified atom stereocenters. The molecule has 21 heavy (non-hydrogen) atoms. The van der Waals surface area contributed by atoms with Crippen LogP contribution in [0.25, 0.3) is 0 Å². The molecule has 1 saturated carbocycles. The number of nitrogens with one attached hydrogen (secondary N) is 1. The fourth-order valence-corrected chi connectivity index (χ4v) is 3.24. The molecule has 0 radical (unpaired) electrons. The number of rotatable bonds is 4. The van der Waals surface area contributed by atoms with Gasteiger partial charge in [-0.1, -0.05) is 49.4 Å². The Hall–Kier alpha value is -1.06. The lowest BCUT2D eigenvalue weighted by molar-refractivity contribution is -0.132. The van der Waals surface area contributed by atoms with Gasteiger partial charge in [-0.2, -0.15) is 0 Å². The number of nitrogens with two attached hydrogens (primary N) is 1. The quantitative estimate of drug-likeness (QED) is 0.831. The molecule has 1 aromatic rings. The fraction of sp³-hybridized carbons (Fsp3) is 0.588. The van der Waals surface area contributed by atoms with E-state index in [9.17, 15) is 4.79 Å². The molecule has 1 amide bonds. The van der Waals surface area contributed by atoms with E-state index in [0.717, 1.165) is 31.2 Å². The number of carbonyl (C=O) groups excluding carboxylic acids is 1. The summed E-state index contributed by atoms with van der Waals surface area (Å²) in [7, 11) is 0. The van der Waals surface area contributed by atoms with Crippen molar-refractivity contribution < 1.29 is 4.79 Å². The first-order valence-electron chi connectivity index (χ1n) is 7.84. The van der Waals surface area contributed by atoms with Crippen LogP contribution in [0.3, 0.4) is 0 Å². The van der Waals surface area contributed by atoms with Gasteiger partial charge in [-0.15, -0.1) is 0 Å². The SMILES string of the molecule is CC(NC(=O)C1(CN)CCCCCC1)c1ccc(Cl)cc1. The zero-order valence-electron chi connectivity index (χ0n) is 12.7. The standard InChI is InChI=1S/C17H25ClN2O/c1-13(14-6-8-15(18)9-7-14)20-16(21)17(12-19)10-4-2-3-5-11-17/h6-9,13H,2-5,10-12,19H2,1H3,(H,20,21). The lowest BCUT2D eigenvalue weighted by Crippen LogP contribution is -2.46. The highest BCUT2D eigenvalue weighted by atomic mass is 35.5. The second kappa shape index (κ2) is 7.28. The molecular formula is C17H25ClN2O. The van der Waals surface area contributed by atoms with Crippen LogP contribution in [-0.2, 0) is 4.79 Å². The molecule has 0 heterocycles. The lowest BCUT2D eigenvalue weighted by atomic mass is 9.79. The largest absolute Gasteiger partial charge is 0.349 e. The van der Waals surface area contributed by atoms with Crippen LogP contribution in [0.15, 0.2) is 24.3 Å². The van der Waals surface area contributed by atoms with Crippen LogP contribution < -0.4 is 11.1 Å². The second-order valence-electron chi connectivity index (χ2n) is 6.15. The molecule has 3 nitrogen and oxygen atoms in total. The van der Waals surface area contributed by atoms with Crippen molar-refractivity contribution in [1.29, 1.82) is 0 Å². The van der Waals surface area contributed by atoms with E-state index in [-0.39, 0.29) is 17.4 Å². The van der Waals surface area contributed by atoms with E-state index in [0.29, 0.717) is 11.6 Å². The maximum Gasteiger partial charge on any atom is 0.227 e. The maximum atomic E-state index is 12.7. The van der Waals surface area contributed by atoms with Gasteiger partial charge in [0.2, 0.25) is 5.91 Å². The smallest absolute Gasteiger partial charge is 0.227 e. The number of hydrogen-bond acceptors (Lipinski definition) is 2. The summed E-state index contributed by atoms with van der Waals surface area (Å²) in [5, 5.41) is 3.85. The molecule has 1 aromatic carbocycles. The third-order valence-electron chi connectivity index (χ3n) is 4.65. The molecule has 2 rings (SSSR count). The van der Waals surface area contributed by atoms with Crippen molar-refractivity contribution in [1.82, 2.24) is 5.32 Å². The van der Waals surface area contributed by atoms with Gasteiger partial charge in [0.15, 0.2) is 0 Å². The Morgan fingerprint density at radius 2 is 1.81 bits per heavy atom. The summed E-state index contributed by atoms with van der Waals surface area (Å²) in [6.45, 7) is 2.44. The van der Waals surface area contributed by atoms with E-state index in [2.05, 4.69) is 5.32 Å². The van der Waals surface area contributed by atoms with Crippen molar-refractivity contribution >= 4 is 17.5 Å². The average molecular weight is 309 g/mol. The molecule has 0 bridgehead atoms. The highest BCUT2D eigenvalue weighted by molar-refractivity contribution is 6.30. The van der Waals surface area contributed by atoms with Gasteiger partial charge in [0, 0.05) is 11.6 Å². The molecule has 0 spiro atoms. The van der Waals surface area contributed by atoms with Gasteiger partial charge < -0.3 is 11.1 Å². The van der Waals surface area contributed by atoms with Gasteiger partial charge in [-0.3, -0.25) is 4.79 Å². The predicted octanol–water partition coefficient (Wildman–Crippen LogP) is 3.82. The van der Waals surface area contributed by atoms with E-state index in [4.69, 9.17) is 17.3 Å².